The number of nitrogens with one attached hydrogen (secondary N) is 1. The molecule has 2 rings (SSSR count). The smallest absolute Gasteiger partial charge is 0.193 e. The van der Waals surface area contributed by atoms with Crippen molar-refractivity contribution >= 4 is 39.8 Å². The first-order valence-corrected chi connectivity index (χ1v) is 9.14. The molecule has 0 bridgehead atoms. The summed E-state index contributed by atoms with van der Waals surface area (Å²) in [6.07, 6.45) is 0. The highest BCUT2D eigenvalue weighted by atomic mass is 127. The molecule has 5 nitrogen and oxygen atoms in total. The van der Waals surface area contributed by atoms with Gasteiger partial charge in [0.15, 0.2) is 15.8 Å². The fourth-order valence-electron chi connectivity index (χ4n) is 2.64. The molecule has 1 saturated heterocycles. The topological polar surface area (TPSA) is 61.8 Å². The quantitative estimate of drug-likeness (QED) is 0.426. The van der Waals surface area contributed by atoms with E-state index in [9.17, 15) is 8.42 Å². The molecule has 0 unspecified atom stereocenters. The van der Waals surface area contributed by atoms with Crippen LogP contribution in [0.5, 0.6) is 0 Å². The number of aliphatic imine (C=N–C) groups is 1. The summed E-state index contributed by atoms with van der Waals surface area (Å²) in [5, 5.41) is 3.34. The van der Waals surface area contributed by atoms with E-state index in [0.29, 0.717) is 19.6 Å². The van der Waals surface area contributed by atoms with Gasteiger partial charge in [0.1, 0.15) is 0 Å². The number of hydrogen-bond donors (Lipinski definition) is 1. The highest BCUT2D eigenvalue weighted by Crippen LogP contribution is 2.23. The number of hydrogen-bond acceptors (Lipinski definition) is 3. The number of halogens is 1. The lowest BCUT2D eigenvalue weighted by Gasteiger charge is -2.39. The van der Waals surface area contributed by atoms with Crippen molar-refractivity contribution in [2.75, 3.05) is 25.9 Å². The Morgan fingerprint density at radius 1 is 1.35 bits per heavy atom. The van der Waals surface area contributed by atoms with Gasteiger partial charge in [-0.3, -0.25) is 4.99 Å². The van der Waals surface area contributed by atoms with Gasteiger partial charge in [-0.05, 0) is 31.9 Å². The Bertz CT molecular complexity index is 672. The van der Waals surface area contributed by atoms with Crippen molar-refractivity contribution in [3.8, 4) is 0 Å². The third-order valence-corrected chi connectivity index (χ3v) is 6.79. The van der Waals surface area contributed by atoms with E-state index >= 15 is 0 Å². The van der Waals surface area contributed by atoms with Crippen molar-refractivity contribution in [2.45, 2.75) is 32.1 Å². The third-order valence-electron chi connectivity index (χ3n) is 4.25. The minimum absolute atomic E-state index is 0. The molecule has 7 heteroatoms. The zero-order valence-electron chi connectivity index (χ0n) is 14.2. The lowest BCUT2D eigenvalue weighted by atomic mass is 10.1. The summed E-state index contributed by atoms with van der Waals surface area (Å²) in [5.41, 5.74) is 2.44. The minimum atomic E-state index is -3.03. The maximum absolute atomic E-state index is 12.1. The number of sulfone groups is 1. The summed E-state index contributed by atoms with van der Waals surface area (Å²) in [6, 6.07) is 8.20. The van der Waals surface area contributed by atoms with E-state index in [1.165, 1.54) is 11.1 Å². The first-order valence-electron chi connectivity index (χ1n) is 7.49. The monoisotopic (exact) mass is 451 g/mol. The minimum Gasteiger partial charge on any atom is -0.352 e. The van der Waals surface area contributed by atoms with E-state index in [4.69, 9.17) is 0 Å². The molecule has 1 aliphatic heterocycles. The van der Waals surface area contributed by atoms with Crippen LogP contribution in [-0.2, 0) is 16.4 Å². The molecule has 0 amide bonds. The Balaban J connectivity index is 0.00000264. The van der Waals surface area contributed by atoms with Crippen LogP contribution in [-0.4, -0.2) is 49.9 Å². The first kappa shape index (κ1) is 20.2. The lowest BCUT2D eigenvalue weighted by Crippen LogP contribution is -2.57. The van der Waals surface area contributed by atoms with Crippen LogP contribution in [0.4, 0.5) is 0 Å². The third kappa shape index (κ3) is 4.59. The van der Waals surface area contributed by atoms with Crippen molar-refractivity contribution < 1.29 is 8.42 Å². The fraction of sp³-hybridized carbons (Fsp3) is 0.562. The summed E-state index contributed by atoms with van der Waals surface area (Å²) < 4.78 is 23.4. The van der Waals surface area contributed by atoms with E-state index in [0.717, 1.165) is 5.96 Å². The van der Waals surface area contributed by atoms with Gasteiger partial charge in [-0.15, -0.1) is 24.0 Å². The van der Waals surface area contributed by atoms with E-state index in [-0.39, 0.29) is 29.7 Å². The SMILES string of the molecule is CN=C(NCc1ccccc1C)N1CCS(=O)(=O)C(C)(C)C1.I. The maximum atomic E-state index is 12.1. The standard InChI is InChI=1S/C16H25N3O2S.HI/c1-13-7-5-6-8-14(13)11-18-15(17-4)19-9-10-22(20,21)16(2,3)12-19;/h5-8H,9-12H2,1-4H3,(H,17,18);1H. The molecule has 1 N–H and O–H groups in total. The Morgan fingerprint density at radius 3 is 2.57 bits per heavy atom. The Morgan fingerprint density at radius 2 is 2.00 bits per heavy atom. The number of nitrogens with zero attached hydrogens (tertiary/aromatic N) is 2. The summed E-state index contributed by atoms with van der Waals surface area (Å²) in [7, 11) is -1.30. The van der Waals surface area contributed by atoms with Gasteiger partial charge in [0.2, 0.25) is 0 Å². The zero-order chi connectivity index (χ0) is 16.4. The van der Waals surface area contributed by atoms with E-state index in [1.807, 2.05) is 17.0 Å². The van der Waals surface area contributed by atoms with Gasteiger partial charge >= 0.3 is 0 Å². The number of aryl methyl sites for hydroxylation is 1. The summed E-state index contributed by atoms with van der Waals surface area (Å²) in [6.45, 7) is 7.27. The van der Waals surface area contributed by atoms with Crippen molar-refractivity contribution in [3.63, 3.8) is 0 Å². The van der Waals surface area contributed by atoms with Crippen LogP contribution in [0.2, 0.25) is 0 Å². The predicted octanol–water partition coefficient (Wildman–Crippen LogP) is 2.20. The van der Waals surface area contributed by atoms with Crippen LogP contribution in [0, 0.1) is 6.92 Å². The molecule has 1 aromatic rings. The van der Waals surface area contributed by atoms with Crippen molar-refractivity contribution in [1.82, 2.24) is 10.2 Å². The second-order valence-electron chi connectivity index (χ2n) is 6.33. The van der Waals surface area contributed by atoms with E-state index in [1.54, 1.807) is 20.9 Å². The normalized spacial score (nSPS) is 19.8. The van der Waals surface area contributed by atoms with Crippen molar-refractivity contribution in [1.29, 1.82) is 0 Å². The molecule has 23 heavy (non-hydrogen) atoms. The second kappa shape index (κ2) is 7.83. The molecule has 130 valence electrons. The Labute approximate surface area is 156 Å². The van der Waals surface area contributed by atoms with Crippen LogP contribution in [0.15, 0.2) is 29.3 Å². The van der Waals surface area contributed by atoms with Crippen LogP contribution in [0.25, 0.3) is 0 Å². The van der Waals surface area contributed by atoms with Crippen molar-refractivity contribution in [3.05, 3.63) is 35.4 Å². The fourth-order valence-corrected chi connectivity index (χ4v) is 4.01. The molecule has 0 spiro atoms. The van der Waals surface area contributed by atoms with Crippen LogP contribution >= 0.6 is 24.0 Å². The van der Waals surface area contributed by atoms with Gasteiger partial charge in [0.25, 0.3) is 0 Å². The Kier molecular flexibility index (Phi) is 6.88. The molecule has 0 aromatic heterocycles. The lowest BCUT2D eigenvalue weighted by molar-refractivity contribution is 0.353. The average molecular weight is 451 g/mol. The summed E-state index contributed by atoms with van der Waals surface area (Å²) in [5.74, 6) is 0.927. The summed E-state index contributed by atoms with van der Waals surface area (Å²) in [4.78, 5) is 6.33. The van der Waals surface area contributed by atoms with Crippen LogP contribution < -0.4 is 5.32 Å². The molecule has 1 aromatic carbocycles. The molecule has 0 atom stereocenters. The van der Waals surface area contributed by atoms with E-state index < -0.39 is 14.6 Å². The summed E-state index contributed by atoms with van der Waals surface area (Å²) >= 11 is 0. The Hall–Kier alpha value is -0.830. The number of rotatable bonds is 2. The molecule has 1 fully saturated rings. The van der Waals surface area contributed by atoms with Gasteiger partial charge < -0.3 is 10.2 Å². The largest absolute Gasteiger partial charge is 0.352 e. The highest BCUT2D eigenvalue weighted by Gasteiger charge is 2.40. The number of guanidine groups is 1. The van der Waals surface area contributed by atoms with Gasteiger partial charge in [-0.1, -0.05) is 24.3 Å². The maximum Gasteiger partial charge on any atom is 0.193 e. The molecule has 1 aliphatic rings. The van der Waals surface area contributed by atoms with Gasteiger partial charge in [0.05, 0.1) is 10.5 Å². The highest BCUT2D eigenvalue weighted by molar-refractivity contribution is 14.0. The first-order chi connectivity index (χ1) is 10.3. The van der Waals surface area contributed by atoms with Gasteiger partial charge in [0, 0.05) is 26.7 Å². The molecular weight excluding hydrogens is 425 g/mol. The van der Waals surface area contributed by atoms with E-state index in [2.05, 4.69) is 29.4 Å². The molecule has 0 saturated carbocycles. The zero-order valence-corrected chi connectivity index (χ0v) is 17.3. The molecule has 0 radical (unpaired) electrons. The van der Waals surface area contributed by atoms with Gasteiger partial charge in [-0.25, -0.2) is 8.42 Å². The van der Waals surface area contributed by atoms with Gasteiger partial charge in [-0.2, -0.15) is 0 Å². The molecule has 0 aliphatic carbocycles. The predicted molar refractivity (Wildman–Crippen MR) is 106 cm³/mol. The second-order valence-corrected chi connectivity index (χ2v) is 9.07. The van der Waals surface area contributed by atoms with Crippen molar-refractivity contribution in [2.24, 2.45) is 4.99 Å². The molecule has 1 heterocycles. The number of benzene rings is 1. The average Bonchev–Trinajstić information content (AvgIpc) is 2.45. The molecular formula is C16H26IN3O2S. The van der Waals surface area contributed by atoms with Crippen LogP contribution in [0.1, 0.15) is 25.0 Å². The van der Waals surface area contributed by atoms with Crippen LogP contribution in [0.3, 0.4) is 0 Å².